The van der Waals surface area contributed by atoms with Gasteiger partial charge in [-0.3, -0.25) is 4.79 Å². The lowest BCUT2D eigenvalue weighted by Crippen LogP contribution is -2.27. The summed E-state index contributed by atoms with van der Waals surface area (Å²) in [7, 11) is 0. The Morgan fingerprint density at radius 2 is 1.76 bits per heavy atom. The van der Waals surface area contributed by atoms with E-state index in [4.69, 9.17) is 14.9 Å². The Hall–Kier alpha value is -3.45. The normalized spacial score (nSPS) is 11.6. The molecule has 0 saturated carbocycles. The second-order valence-electron chi connectivity index (χ2n) is 8.25. The molecule has 172 valence electrons. The number of benzene rings is 1. The molecule has 1 aromatic carbocycles. The van der Waals surface area contributed by atoms with Gasteiger partial charge in [0.25, 0.3) is 5.56 Å². The molecule has 0 spiro atoms. The van der Waals surface area contributed by atoms with Crippen LogP contribution in [0.2, 0.25) is 0 Å². The minimum Gasteiger partial charge on any atom is -0.492 e. The summed E-state index contributed by atoms with van der Waals surface area (Å²) in [6, 6.07) is 17.3. The van der Waals surface area contributed by atoms with Crippen LogP contribution in [0.4, 0.5) is 0 Å². The maximum atomic E-state index is 12.3. The molecule has 7 nitrogen and oxygen atoms in total. The first kappa shape index (κ1) is 22.7. The first-order chi connectivity index (χ1) is 16.0. The minimum absolute atomic E-state index is 0.0431. The van der Waals surface area contributed by atoms with Gasteiger partial charge in [0, 0.05) is 30.4 Å². The number of hydrogen-bond donors (Lipinski definition) is 0. The smallest absolute Gasteiger partial charge is 0.267 e. The van der Waals surface area contributed by atoms with E-state index in [1.54, 1.807) is 12.1 Å². The summed E-state index contributed by atoms with van der Waals surface area (Å²) in [6.07, 6.45) is 1.91. The van der Waals surface area contributed by atoms with Gasteiger partial charge >= 0.3 is 0 Å². The van der Waals surface area contributed by atoms with E-state index in [0.717, 1.165) is 47.7 Å². The van der Waals surface area contributed by atoms with Crippen LogP contribution in [0.25, 0.3) is 28.0 Å². The third kappa shape index (κ3) is 4.83. The molecule has 33 heavy (non-hydrogen) atoms. The molecule has 0 N–H and O–H groups in total. The predicted octanol–water partition coefficient (Wildman–Crippen LogP) is 4.53. The van der Waals surface area contributed by atoms with Gasteiger partial charge in [-0.05, 0) is 39.1 Å². The van der Waals surface area contributed by atoms with Crippen LogP contribution >= 0.6 is 0 Å². The van der Waals surface area contributed by atoms with Crippen LogP contribution in [0, 0.1) is 0 Å². The molecule has 3 aromatic heterocycles. The van der Waals surface area contributed by atoms with Gasteiger partial charge in [-0.15, -0.1) is 0 Å². The number of fused-ring (bicyclic) bond motifs is 1. The highest BCUT2D eigenvalue weighted by Gasteiger charge is 2.19. The van der Waals surface area contributed by atoms with Crippen molar-refractivity contribution < 1.29 is 4.74 Å². The number of hydrogen-bond acceptors (Lipinski definition) is 5. The largest absolute Gasteiger partial charge is 0.492 e. The van der Waals surface area contributed by atoms with E-state index in [1.807, 2.05) is 67.0 Å². The third-order valence-corrected chi connectivity index (χ3v) is 5.79. The highest BCUT2D eigenvalue weighted by molar-refractivity contribution is 5.91. The van der Waals surface area contributed by atoms with Crippen LogP contribution in [-0.4, -0.2) is 50.5 Å². The monoisotopic (exact) mass is 445 g/mol. The fourth-order valence-electron chi connectivity index (χ4n) is 3.93. The summed E-state index contributed by atoms with van der Waals surface area (Å²) in [4.78, 5) is 14.7. The van der Waals surface area contributed by atoms with Crippen LogP contribution in [0.15, 0.2) is 65.6 Å². The van der Waals surface area contributed by atoms with Crippen LogP contribution in [0.3, 0.4) is 0 Å². The van der Waals surface area contributed by atoms with Crippen molar-refractivity contribution in [3.8, 4) is 28.3 Å². The molecule has 4 rings (SSSR count). The summed E-state index contributed by atoms with van der Waals surface area (Å²) < 4.78 is 9.44. The molecule has 0 aliphatic carbocycles. The van der Waals surface area contributed by atoms with E-state index in [9.17, 15) is 4.79 Å². The average molecular weight is 446 g/mol. The molecule has 0 unspecified atom stereocenters. The molecule has 4 aromatic rings. The van der Waals surface area contributed by atoms with Crippen molar-refractivity contribution in [1.82, 2.24) is 24.3 Å². The van der Waals surface area contributed by atoms with E-state index < -0.39 is 0 Å². The van der Waals surface area contributed by atoms with E-state index in [1.165, 1.54) is 4.68 Å². The van der Waals surface area contributed by atoms with Gasteiger partial charge < -0.3 is 9.64 Å². The van der Waals surface area contributed by atoms with Crippen LogP contribution < -0.4 is 10.3 Å². The van der Waals surface area contributed by atoms with Crippen molar-refractivity contribution in [3.05, 3.63) is 71.1 Å². The van der Waals surface area contributed by atoms with Gasteiger partial charge in [0.2, 0.25) is 0 Å². The molecule has 0 amide bonds. The second kappa shape index (κ2) is 10.0. The zero-order valence-electron chi connectivity index (χ0n) is 19.7. The van der Waals surface area contributed by atoms with Gasteiger partial charge in [0.05, 0.1) is 22.8 Å². The lowest BCUT2D eigenvalue weighted by atomic mass is 10.0. The molecule has 0 saturated heterocycles. The number of pyridine rings is 1. The molecule has 3 heterocycles. The molecule has 7 heteroatoms. The lowest BCUT2D eigenvalue weighted by molar-refractivity contribution is 0.223. The number of nitrogens with zero attached hydrogens (tertiary/aromatic N) is 5. The van der Waals surface area contributed by atoms with Gasteiger partial charge in [-0.2, -0.15) is 10.2 Å². The fraction of sp³-hybridized carbons (Fsp3) is 0.346. The number of rotatable bonds is 9. The summed E-state index contributed by atoms with van der Waals surface area (Å²) in [5.74, 6) is 0.785. The summed E-state index contributed by atoms with van der Waals surface area (Å²) in [6.45, 7) is 11.7. The SMILES string of the molecule is CCN(CC)CCOc1ccn2nc(-c3ccccc3)c(-c3ccc(=O)n(C(C)C)n3)c2c1. The van der Waals surface area contributed by atoms with Gasteiger partial charge in [0.15, 0.2) is 0 Å². The summed E-state index contributed by atoms with van der Waals surface area (Å²) in [5.41, 5.74) is 4.16. The molecule has 0 radical (unpaired) electrons. The Bertz CT molecular complexity index is 1270. The molecule has 0 aliphatic rings. The highest BCUT2D eigenvalue weighted by atomic mass is 16.5. The van der Waals surface area contributed by atoms with Crippen molar-refractivity contribution in [2.24, 2.45) is 0 Å². The maximum absolute atomic E-state index is 12.3. The van der Waals surface area contributed by atoms with E-state index in [0.29, 0.717) is 12.3 Å². The first-order valence-corrected chi connectivity index (χ1v) is 11.5. The Morgan fingerprint density at radius 3 is 2.45 bits per heavy atom. The van der Waals surface area contributed by atoms with E-state index in [2.05, 4.69) is 18.7 Å². The Labute approximate surface area is 194 Å². The zero-order valence-corrected chi connectivity index (χ0v) is 19.7. The van der Waals surface area contributed by atoms with Crippen LogP contribution in [0.1, 0.15) is 33.7 Å². The van der Waals surface area contributed by atoms with E-state index in [-0.39, 0.29) is 11.6 Å². The maximum Gasteiger partial charge on any atom is 0.267 e. The summed E-state index contributed by atoms with van der Waals surface area (Å²) >= 11 is 0. The molecular weight excluding hydrogens is 414 g/mol. The average Bonchev–Trinajstić information content (AvgIpc) is 3.21. The van der Waals surface area contributed by atoms with Gasteiger partial charge in [-0.25, -0.2) is 9.20 Å². The predicted molar refractivity (Wildman–Crippen MR) is 132 cm³/mol. The Kier molecular flexibility index (Phi) is 6.89. The number of ether oxygens (including phenoxy) is 1. The lowest BCUT2D eigenvalue weighted by Gasteiger charge is -2.18. The minimum atomic E-state index is -0.119. The molecule has 0 aliphatic heterocycles. The van der Waals surface area contributed by atoms with Gasteiger partial charge in [0.1, 0.15) is 18.1 Å². The van der Waals surface area contributed by atoms with E-state index >= 15 is 0 Å². The standard InChI is InChI=1S/C26H31N5O2/c1-5-29(6-2)16-17-33-21-14-15-30-23(18-21)25(26(28-30)20-10-8-7-9-11-20)22-12-13-24(32)31(27-22)19(3)4/h7-15,18-19H,5-6,16-17H2,1-4H3. The van der Waals surface area contributed by atoms with Crippen molar-refractivity contribution in [2.45, 2.75) is 33.7 Å². The Balaban J connectivity index is 1.81. The van der Waals surface area contributed by atoms with Crippen LogP contribution in [0.5, 0.6) is 5.75 Å². The Morgan fingerprint density at radius 1 is 1.00 bits per heavy atom. The zero-order chi connectivity index (χ0) is 23.4. The molecular formula is C26H31N5O2. The number of likely N-dealkylation sites (N-methyl/N-ethyl adjacent to an activating group) is 1. The molecule has 0 atom stereocenters. The molecule has 0 bridgehead atoms. The quantitative estimate of drug-likeness (QED) is 0.379. The number of aromatic nitrogens is 4. The van der Waals surface area contributed by atoms with Gasteiger partial charge in [-0.1, -0.05) is 44.2 Å². The second-order valence-corrected chi connectivity index (χ2v) is 8.25. The van der Waals surface area contributed by atoms with Crippen molar-refractivity contribution in [3.63, 3.8) is 0 Å². The fourth-order valence-corrected chi connectivity index (χ4v) is 3.93. The third-order valence-electron chi connectivity index (χ3n) is 5.79. The first-order valence-electron chi connectivity index (χ1n) is 11.5. The van der Waals surface area contributed by atoms with Crippen molar-refractivity contribution in [1.29, 1.82) is 0 Å². The van der Waals surface area contributed by atoms with Crippen molar-refractivity contribution >= 4 is 5.52 Å². The molecule has 0 fully saturated rings. The topological polar surface area (TPSA) is 64.7 Å². The summed E-state index contributed by atoms with van der Waals surface area (Å²) in [5, 5.41) is 9.55. The highest BCUT2D eigenvalue weighted by Crippen LogP contribution is 2.35. The van der Waals surface area contributed by atoms with Crippen LogP contribution in [-0.2, 0) is 0 Å². The van der Waals surface area contributed by atoms with Crippen molar-refractivity contribution in [2.75, 3.05) is 26.2 Å².